The molecular formula is C21H15N3O3S. The second-order valence-corrected chi connectivity index (χ2v) is 7.07. The molecular weight excluding hydrogens is 374 g/mol. The fraction of sp³-hybridized carbons (Fsp3) is 0.0952. The van der Waals surface area contributed by atoms with Crippen molar-refractivity contribution < 1.29 is 9.47 Å². The number of nitrogens with zero attached hydrogens (tertiary/aromatic N) is 3. The number of fused-ring (bicyclic) bond motifs is 2. The molecule has 0 unspecified atom stereocenters. The quantitative estimate of drug-likeness (QED) is 0.534. The molecule has 138 valence electrons. The van der Waals surface area contributed by atoms with Crippen molar-refractivity contribution in [2.45, 2.75) is 0 Å². The Morgan fingerprint density at radius 3 is 2.82 bits per heavy atom. The van der Waals surface area contributed by atoms with Crippen LogP contribution >= 0.6 is 11.3 Å². The van der Waals surface area contributed by atoms with Gasteiger partial charge in [0.1, 0.15) is 13.2 Å². The number of thiazole rings is 1. The summed E-state index contributed by atoms with van der Waals surface area (Å²) in [5, 5.41) is 1.93. The lowest BCUT2D eigenvalue weighted by atomic mass is 10.1. The van der Waals surface area contributed by atoms with E-state index in [1.807, 2.05) is 47.9 Å². The summed E-state index contributed by atoms with van der Waals surface area (Å²) in [6.07, 6.45) is 7.19. The van der Waals surface area contributed by atoms with Crippen molar-refractivity contribution >= 4 is 28.4 Å². The maximum Gasteiger partial charge on any atom is 0.259 e. The molecule has 0 amide bonds. The number of rotatable bonds is 3. The molecule has 4 aromatic rings. The van der Waals surface area contributed by atoms with Gasteiger partial charge in [-0.15, -0.1) is 11.3 Å². The molecule has 0 fully saturated rings. The van der Waals surface area contributed by atoms with Gasteiger partial charge in [0.05, 0.1) is 11.4 Å². The summed E-state index contributed by atoms with van der Waals surface area (Å²) in [6, 6.07) is 11.0. The minimum Gasteiger partial charge on any atom is -0.486 e. The van der Waals surface area contributed by atoms with Gasteiger partial charge < -0.3 is 9.47 Å². The van der Waals surface area contributed by atoms with Crippen molar-refractivity contribution in [3.8, 4) is 22.8 Å². The SMILES string of the molecule is O=c1cc(C=Cc2cccnc2)nc2scc(-c3ccc4c(c3)OCCO4)n12. The average Bonchev–Trinajstić information content (AvgIpc) is 3.17. The van der Waals surface area contributed by atoms with Crippen LogP contribution in [-0.2, 0) is 0 Å². The van der Waals surface area contributed by atoms with Gasteiger partial charge in [-0.1, -0.05) is 12.1 Å². The maximum atomic E-state index is 12.8. The highest BCUT2D eigenvalue weighted by atomic mass is 32.1. The predicted octanol–water partition coefficient (Wildman–Crippen LogP) is 3.76. The van der Waals surface area contributed by atoms with Gasteiger partial charge in [-0.3, -0.25) is 14.2 Å². The van der Waals surface area contributed by atoms with Crippen LogP contribution in [-0.4, -0.2) is 27.6 Å². The lowest BCUT2D eigenvalue weighted by Gasteiger charge is -2.18. The zero-order valence-electron chi connectivity index (χ0n) is 14.7. The fourth-order valence-electron chi connectivity index (χ4n) is 3.08. The van der Waals surface area contributed by atoms with Crippen LogP contribution in [0.3, 0.4) is 0 Å². The molecule has 0 spiro atoms. The molecule has 0 saturated carbocycles. The molecule has 5 rings (SSSR count). The normalized spacial score (nSPS) is 13.3. The van der Waals surface area contributed by atoms with Gasteiger partial charge in [-0.05, 0) is 35.9 Å². The standard InChI is InChI=1S/C21H15N3O3S/c25-20-11-16(5-3-14-2-1-7-22-12-14)23-21-24(20)17(13-28-21)15-4-6-18-19(10-15)27-9-8-26-18/h1-7,10-13H,8-9H2. The molecule has 0 N–H and O–H groups in total. The van der Waals surface area contributed by atoms with E-state index >= 15 is 0 Å². The van der Waals surface area contributed by atoms with E-state index in [4.69, 9.17) is 9.47 Å². The van der Waals surface area contributed by atoms with Crippen LogP contribution in [0, 0.1) is 0 Å². The zero-order valence-corrected chi connectivity index (χ0v) is 15.6. The van der Waals surface area contributed by atoms with E-state index in [1.165, 1.54) is 17.4 Å². The van der Waals surface area contributed by atoms with E-state index in [1.54, 1.807) is 16.8 Å². The number of pyridine rings is 1. The van der Waals surface area contributed by atoms with Crippen LogP contribution in [0.4, 0.5) is 0 Å². The van der Waals surface area contributed by atoms with E-state index in [9.17, 15) is 4.79 Å². The van der Waals surface area contributed by atoms with Crippen LogP contribution < -0.4 is 15.0 Å². The zero-order chi connectivity index (χ0) is 18.9. The lowest BCUT2D eigenvalue weighted by Crippen LogP contribution is -2.16. The summed E-state index contributed by atoms with van der Waals surface area (Å²) >= 11 is 1.43. The van der Waals surface area contributed by atoms with Gasteiger partial charge in [-0.2, -0.15) is 0 Å². The van der Waals surface area contributed by atoms with Crippen LogP contribution in [0.2, 0.25) is 0 Å². The Bertz CT molecular complexity index is 1240. The number of benzene rings is 1. The van der Waals surface area contributed by atoms with E-state index < -0.39 is 0 Å². The molecule has 0 saturated heterocycles. The van der Waals surface area contributed by atoms with Gasteiger partial charge in [0.15, 0.2) is 16.5 Å². The van der Waals surface area contributed by atoms with Crippen molar-refractivity contribution in [3.05, 3.63) is 75.8 Å². The Labute approximate surface area is 164 Å². The third-order valence-corrected chi connectivity index (χ3v) is 5.22. The van der Waals surface area contributed by atoms with Crippen molar-refractivity contribution in [3.63, 3.8) is 0 Å². The molecule has 6 nitrogen and oxygen atoms in total. The second kappa shape index (κ2) is 6.94. The molecule has 0 atom stereocenters. The highest BCUT2D eigenvalue weighted by Gasteiger charge is 2.15. The smallest absolute Gasteiger partial charge is 0.259 e. The molecule has 0 bridgehead atoms. The summed E-state index contributed by atoms with van der Waals surface area (Å²) < 4.78 is 12.9. The van der Waals surface area contributed by atoms with Crippen molar-refractivity contribution in [1.29, 1.82) is 0 Å². The first-order chi connectivity index (χ1) is 13.8. The number of hydrogen-bond acceptors (Lipinski definition) is 6. The second-order valence-electron chi connectivity index (χ2n) is 6.24. The van der Waals surface area contributed by atoms with E-state index in [0.717, 1.165) is 22.6 Å². The van der Waals surface area contributed by atoms with Crippen molar-refractivity contribution in [1.82, 2.24) is 14.4 Å². The minimum atomic E-state index is -0.123. The predicted molar refractivity (Wildman–Crippen MR) is 109 cm³/mol. The van der Waals surface area contributed by atoms with Gasteiger partial charge in [-0.25, -0.2) is 4.98 Å². The molecule has 0 aliphatic carbocycles. The molecule has 0 radical (unpaired) electrons. The van der Waals surface area contributed by atoms with E-state index in [2.05, 4.69) is 9.97 Å². The van der Waals surface area contributed by atoms with E-state index in [0.29, 0.717) is 29.6 Å². The van der Waals surface area contributed by atoms with E-state index in [-0.39, 0.29) is 5.56 Å². The Hall–Kier alpha value is -3.45. The third-order valence-electron chi connectivity index (χ3n) is 4.39. The Morgan fingerprint density at radius 1 is 1.07 bits per heavy atom. The first kappa shape index (κ1) is 16.7. The van der Waals surface area contributed by atoms with Crippen LogP contribution in [0.5, 0.6) is 11.5 Å². The van der Waals surface area contributed by atoms with Gasteiger partial charge >= 0.3 is 0 Å². The average molecular weight is 389 g/mol. The molecule has 4 heterocycles. The van der Waals surface area contributed by atoms with Gasteiger partial charge in [0.25, 0.3) is 5.56 Å². The number of hydrogen-bond donors (Lipinski definition) is 0. The number of aromatic nitrogens is 3. The summed E-state index contributed by atoms with van der Waals surface area (Å²) in [5.41, 5.74) is 3.12. The molecule has 1 aromatic carbocycles. The van der Waals surface area contributed by atoms with Crippen molar-refractivity contribution in [2.75, 3.05) is 13.2 Å². The first-order valence-electron chi connectivity index (χ1n) is 8.77. The first-order valence-corrected chi connectivity index (χ1v) is 9.65. The fourth-order valence-corrected chi connectivity index (χ4v) is 3.99. The highest BCUT2D eigenvalue weighted by Crippen LogP contribution is 2.35. The maximum absolute atomic E-state index is 12.8. The van der Waals surface area contributed by atoms with Gasteiger partial charge in [0, 0.05) is 29.4 Å². The van der Waals surface area contributed by atoms with Crippen LogP contribution in [0.15, 0.2) is 59.0 Å². The molecule has 1 aliphatic heterocycles. The van der Waals surface area contributed by atoms with Crippen molar-refractivity contribution in [2.24, 2.45) is 0 Å². The van der Waals surface area contributed by atoms with Crippen LogP contribution in [0.1, 0.15) is 11.3 Å². The minimum absolute atomic E-state index is 0.123. The topological polar surface area (TPSA) is 65.7 Å². The Kier molecular flexibility index (Phi) is 4.14. The molecule has 3 aromatic heterocycles. The highest BCUT2D eigenvalue weighted by molar-refractivity contribution is 7.15. The monoisotopic (exact) mass is 389 g/mol. The molecule has 7 heteroatoms. The summed E-state index contributed by atoms with van der Waals surface area (Å²) in [5.74, 6) is 1.42. The largest absolute Gasteiger partial charge is 0.486 e. The van der Waals surface area contributed by atoms with Crippen LogP contribution in [0.25, 0.3) is 28.4 Å². The lowest BCUT2D eigenvalue weighted by molar-refractivity contribution is 0.171. The van der Waals surface area contributed by atoms with Gasteiger partial charge in [0.2, 0.25) is 0 Å². The summed E-state index contributed by atoms with van der Waals surface area (Å²) in [4.78, 5) is 22.1. The summed E-state index contributed by atoms with van der Waals surface area (Å²) in [6.45, 7) is 1.07. The third kappa shape index (κ3) is 3.05. The molecule has 28 heavy (non-hydrogen) atoms. The Morgan fingerprint density at radius 2 is 1.96 bits per heavy atom. The molecule has 1 aliphatic rings. The number of ether oxygens (including phenoxy) is 2. The summed E-state index contributed by atoms with van der Waals surface area (Å²) in [7, 11) is 0. The Balaban J connectivity index is 1.54.